The number of nitrogens with zero attached hydrogens (tertiary/aromatic N) is 1. The number of carbonyl (C=O) groups is 1. The maximum absolute atomic E-state index is 11.3. The molecule has 5 rings (SSSR count). The summed E-state index contributed by atoms with van der Waals surface area (Å²) in [6.07, 6.45) is 0. The number of thiazole rings is 1. The van der Waals surface area contributed by atoms with Crippen LogP contribution in [0.2, 0.25) is 0 Å². The number of benzene rings is 4. The van der Waals surface area contributed by atoms with E-state index in [2.05, 4.69) is 47.8 Å². The summed E-state index contributed by atoms with van der Waals surface area (Å²) in [6.45, 7) is 0. The largest absolute Gasteiger partial charge is 0.478 e. The Hall–Kier alpha value is -3.76. The average molecular weight is 407 g/mol. The van der Waals surface area contributed by atoms with Crippen LogP contribution in [0.5, 0.6) is 0 Å². The number of aromatic nitrogens is 1. The number of fused-ring (bicyclic) bond motifs is 1. The van der Waals surface area contributed by atoms with Crippen LogP contribution in [0.1, 0.15) is 10.4 Å². The lowest BCUT2D eigenvalue weighted by Crippen LogP contribution is -1.95. The molecule has 0 saturated carbocycles. The monoisotopic (exact) mass is 407 g/mol. The summed E-state index contributed by atoms with van der Waals surface area (Å²) in [5, 5.41) is 14.7. The molecule has 0 bridgehead atoms. The van der Waals surface area contributed by atoms with Crippen molar-refractivity contribution in [2.75, 3.05) is 0 Å². The zero-order valence-electron chi connectivity index (χ0n) is 15.9. The number of carboxylic acids is 1. The normalized spacial score (nSPS) is 10.9. The van der Waals surface area contributed by atoms with Crippen molar-refractivity contribution in [2.24, 2.45) is 0 Å². The van der Waals surface area contributed by atoms with E-state index >= 15 is 0 Å². The predicted molar refractivity (Wildman–Crippen MR) is 123 cm³/mol. The van der Waals surface area contributed by atoms with Gasteiger partial charge in [0.05, 0.1) is 11.3 Å². The number of hydrogen-bond acceptors (Lipinski definition) is 3. The fourth-order valence-electron chi connectivity index (χ4n) is 3.63. The minimum Gasteiger partial charge on any atom is -0.478 e. The highest BCUT2D eigenvalue weighted by atomic mass is 32.1. The summed E-state index contributed by atoms with van der Waals surface area (Å²) in [7, 11) is 0. The Morgan fingerprint density at radius 3 is 2.33 bits per heavy atom. The molecule has 0 aliphatic rings. The van der Waals surface area contributed by atoms with E-state index in [0.717, 1.165) is 33.0 Å². The van der Waals surface area contributed by atoms with Gasteiger partial charge in [-0.2, -0.15) is 0 Å². The molecular formula is C26H17NO2S. The standard InChI is InChI=1S/C26H17NO2S/c28-26(29)21-11-4-9-19(15-21)18-8-3-10-20(14-18)24-16-30-25(27-24)23-13-5-7-17-6-1-2-12-22(17)23/h1-16H,(H,28,29). The van der Waals surface area contributed by atoms with Gasteiger partial charge in [-0.05, 0) is 40.1 Å². The molecule has 3 nitrogen and oxygen atoms in total. The van der Waals surface area contributed by atoms with Gasteiger partial charge in [-0.25, -0.2) is 9.78 Å². The molecule has 0 unspecified atom stereocenters. The minimum absolute atomic E-state index is 0.282. The second-order valence-electron chi connectivity index (χ2n) is 7.03. The number of rotatable bonds is 4. The molecule has 4 aromatic carbocycles. The van der Waals surface area contributed by atoms with Crippen LogP contribution >= 0.6 is 11.3 Å². The van der Waals surface area contributed by atoms with Crippen LogP contribution < -0.4 is 0 Å². The van der Waals surface area contributed by atoms with Crippen LogP contribution in [0.4, 0.5) is 0 Å². The Morgan fingerprint density at radius 1 is 0.767 bits per heavy atom. The highest BCUT2D eigenvalue weighted by Gasteiger charge is 2.11. The summed E-state index contributed by atoms with van der Waals surface area (Å²) in [4.78, 5) is 16.2. The second kappa shape index (κ2) is 7.58. The lowest BCUT2D eigenvalue weighted by molar-refractivity contribution is 0.0697. The highest BCUT2D eigenvalue weighted by molar-refractivity contribution is 7.13. The molecule has 0 saturated heterocycles. The topological polar surface area (TPSA) is 50.2 Å². The van der Waals surface area contributed by atoms with Crippen LogP contribution in [-0.4, -0.2) is 16.1 Å². The van der Waals surface area contributed by atoms with E-state index in [0.29, 0.717) is 0 Å². The smallest absolute Gasteiger partial charge is 0.335 e. The van der Waals surface area contributed by atoms with E-state index < -0.39 is 5.97 Å². The van der Waals surface area contributed by atoms with Crippen LogP contribution in [0.3, 0.4) is 0 Å². The lowest BCUT2D eigenvalue weighted by atomic mass is 10.0. The van der Waals surface area contributed by atoms with E-state index in [1.807, 2.05) is 30.3 Å². The van der Waals surface area contributed by atoms with Gasteiger partial charge in [-0.3, -0.25) is 0 Å². The number of aromatic carboxylic acids is 1. The molecule has 0 radical (unpaired) electrons. The van der Waals surface area contributed by atoms with Gasteiger partial charge in [0, 0.05) is 16.5 Å². The van der Waals surface area contributed by atoms with E-state index in [1.54, 1.807) is 29.5 Å². The third-order valence-corrected chi connectivity index (χ3v) is 6.00. The molecule has 0 aliphatic carbocycles. The Labute approximate surface area is 177 Å². The summed E-state index contributed by atoms with van der Waals surface area (Å²) >= 11 is 1.63. The third kappa shape index (κ3) is 3.38. The molecule has 0 aliphatic heterocycles. The average Bonchev–Trinajstić information content (AvgIpc) is 3.29. The van der Waals surface area contributed by atoms with E-state index in [1.165, 1.54) is 10.8 Å². The maximum atomic E-state index is 11.3. The third-order valence-electron chi connectivity index (χ3n) is 5.13. The maximum Gasteiger partial charge on any atom is 0.335 e. The zero-order chi connectivity index (χ0) is 20.5. The summed E-state index contributed by atoms with van der Waals surface area (Å²) in [6, 6.07) is 29.7. The first kappa shape index (κ1) is 18.3. The van der Waals surface area contributed by atoms with Gasteiger partial charge in [-0.15, -0.1) is 11.3 Å². The molecule has 1 N–H and O–H groups in total. The van der Waals surface area contributed by atoms with Crippen molar-refractivity contribution in [2.45, 2.75) is 0 Å². The van der Waals surface area contributed by atoms with Crippen molar-refractivity contribution < 1.29 is 9.90 Å². The first-order valence-electron chi connectivity index (χ1n) is 9.57. The molecule has 0 spiro atoms. The van der Waals surface area contributed by atoms with Crippen molar-refractivity contribution in [3.63, 3.8) is 0 Å². The van der Waals surface area contributed by atoms with E-state index in [4.69, 9.17) is 4.98 Å². The summed E-state index contributed by atoms with van der Waals surface area (Å²) in [5.41, 5.74) is 5.19. The molecule has 144 valence electrons. The molecule has 4 heteroatoms. The second-order valence-corrected chi connectivity index (χ2v) is 7.89. The van der Waals surface area contributed by atoms with Crippen molar-refractivity contribution in [3.8, 4) is 33.0 Å². The molecule has 0 fully saturated rings. The molecule has 30 heavy (non-hydrogen) atoms. The van der Waals surface area contributed by atoms with Crippen LogP contribution in [0, 0.1) is 0 Å². The quantitative estimate of drug-likeness (QED) is 0.349. The molecule has 1 aromatic heterocycles. The molecule has 5 aromatic rings. The van der Waals surface area contributed by atoms with Crippen LogP contribution in [0.25, 0.3) is 43.7 Å². The van der Waals surface area contributed by atoms with Crippen molar-refractivity contribution in [1.29, 1.82) is 0 Å². The fourth-order valence-corrected chi connectivity index (χ4v) is 4.50. The minimum atomic E-state index is -0.924. The van der Waals surface area contributed by atoms with Crippen molar-refractivity contribution in [3.05, 3.63) is 102 Å². The van der Waals surface area contributed by atoms with E-state index in [-0.39, 0.29) is 5.56 Å². The number of hydrogen-bond donors (Lipinski definition) is 1. The first-order valence-corrected chi connectivity index (χ1v) is 10.4. The zero-order valence-corrected chi connectivity index (χ0v) is 16.8. The Balaban J connectivity index is 1.54. The molecule has 1 heterocycles. The van der Waals surface area contributed by atoms with Gasteiger partial charge >= 0.3 is 5.97 Å². The summed E-state index contributed by atoms with van der Waals surface area (Å²) < 4.78 is 0. The fraction of sp³-hybridized carbons (Fsp3) is 0. The molecular weight excluding hydrogens is 390 g/mol. The van der Waals surface area contributed by atoms with Gasteiger partial charge in [0.2, 0.25) is 0 Å². The van der Waals surface area contributed by atoms with Gasteiger partial charge in [0.15, 0.2) is 0 Å². The lowest BCUT2D eigenvalue weighted by Gasteiger charge is -2.06. The Morgan fingerprint density at radius 2 is 1.47 bits per heavy atom. The number of carboxylic acid groups (broad SMARTS) is 1. The van der Waals surface area contributed by atoms with Gasteiger partial charge in [-0.1, -0.05) is 72.8 Å². The Bertz CT molecular complexity index is 1380. The molecule has 0 amide bonds. The molecule has 0 atom stereocenters. The van der Waals surface area contributed by atoms with Crippen molar-refractivity contribution in [1.82, 2.24) is 4.98 Å². The van der Waals surface area contributed by atoms with Crippen LogP contribution in [-0.2, 0) is 0 Å². The SMILES string of the molecule is O=C(O)c1cccc(-c2cccc(-c3csc(-c4cccc5ccccc45)n3)c2)c1. The van der Waals surface area contributed by atoms with Gasteiger partial charge in [0.1, 0.15) is 5.01 Å². The summed E-state index contributed by atoms with van der Waals surface area (Å²) in [5.74, 6) is -0.924. The Kier molecular flexibility index (Phi) is 4.62. The predicted octanol–water partition coefficient (Wildman–Crippen LogP) is 7.00. The van der Waals surface area contributed by atoms with Crippen molar-refractivity contribution >= 4 is 28.1 Å². The van der Waals surface area contributed by atoms with E-state index in [9.17, 15) is 9.90 Å². The van der Waals surface area contributed by atoms with Gasteiger partial charge < -0.3 is 5.11 Å². The van der Waals surface area contributed by atoms with Crippen LogP contribution in [0.15, 0.2) is 96.4 Å². The van der Waals surface area contributed by atoms with Gasteiger partial charge in [0.25, 0.3) is 0 Å². The first-order chi connectivity index (χ1) is 14.7. The highest BCUT2D eigenvalue weighted by Crippen LogP contribution is 2.34.